The molecule has 0 N–H and O–H groups in total. The van der Waals surface area contributed by atoms with Crippen LogP contribution in [0.1, 0.15) is 43.2 Å². The summed E-state index contributed by atoms with van der Waals surface area (Å²) in [6, 6.07) is 11.3. The maximum absolute atomic E-state index is 14.0. The van der Waals surface area contributed by atoms with Gasteiger partial charge < -0.3 is 9.64 Å². The zero-order valence-corrected chi connectivity index (χ0v) is 26.0. The van der Waals surface area contributed by atoms with E-state index in [1.165, 1.54) is 9.58 Å². The first-order valence-electron chi connectivity index (χ1n) is 13.7. The number of rotatable bonds is 5. The summed E-state index contributed by atoms with van der Waals surface area (Å²) < 4.78 is 11.0. The van der Waals surface area contributed by atoms with Crippen LogP contribution in [0.25, 0.3) is 11.8 Å². The van der Waals surface area contributed by atoms with Crippen molar-refractivity contribution in [2.45, 2.75) is 53.4 Å². The van der Waals surface area contributed by atoms with Gasteiger partial charge in [0.25, 0.3) is 17.0 Å². The number of benzene rings is 1. The normalized spacial score (nSPS) is 20.1. The molecule has 10 nitrogen and oxygen atoms in total. The van der Waals surface area contributed by atoms with Gasteiger partial charge in [0.15, 0.2) is 4.32 Å². The minimum atomic E-state index is -0.433. The Kier molecular flexibility index (Phi) is 8.02. The summed E-state index contributed by atoms with van der Waals surface area (Å²) in [5.41, 5.74) is 1.82. The molecule has 0 saturated carbocycles. The van der Waals surface area contributed by atoms with E-state index < -0.39 is 5.91 Å². The van der Waals surface area contributed by atoms with E-state index in [0.717, 1.165) is 11.8 Å². The van der Waals surface area contributed by atoms with Crippen LogP contribution in [0.3, 0.4) is 0 Å². The van der Waals surface area contributed by atoms with Gasteiger partial charge in [0, 0.05) is 32.2 Å². The lowest BCUT2D eigenvalue weighted by Gasteiger charge is -2.39. The number of nitrogens with zero attached hydrogens (tertiary/aromatic N) is 6. The molecule has 218 valence electrons. The summed E-state index contributed by atoms with van der Waals surface area (Å²) >= 11 is 6.75. The summed E-state index contributed by atoms with van der Waals surface area (Å²) in [6.07, 6.45) is 1.54. The average molecular weight is 605 g/mol. The molecule has 2 aliphatic heterocycles. The highest BCUT2D eigenvalue weighted by Crippen LogP contribution is 2.39. The van der Waals surface area contributed by atoms with Gasteiger partial charge in [0.1, 0.15) is 23.1 Å². The zero-order chi connectivity index (χ0) is 30.5. The number of aromatic nitrogens is 3. The molecule has 0 aliphatic carbocycles. The minimum absolute atomic E-state index is 0.0290. The largest absolute Gasteiger partial charge is 0.372 e. The predicted octanol–water partition coefficient (Wildman–Crippen LogP) is 3.87. The lowest BCUT2D eigenvalue weighted by molar-refractivity contribution is -0.113. The van der Waals surface area contributed by atoms with Crippen molar-refractivity contribution in [1.29, 1.82) is 5.26 Å². The third-order valence-electron chi connectivity index (χ3n) is 7.70. The second kappa shape index (κ2) is 11.4. The first-order chi connectivity index (χ1) is 20.0. The van der Waals surface area contributed by atoms with Gasteiger partial charge in [0.05, 0.1) is 28.5 Å². The third-order valence-corrected chi connectivity index (χ3v) is 9.00. The van der Waals surface area contributed by atoms with Crippen LogP contribution in [-0.2, 0) is 23.1 Å². The van der Waals surface area contributed by atoms with Crippen molar-refractivity contribution in [3.8, 4) is 11.8 Å². The Labute approximate surface area is 253 Å². The molecule has 2 saturated heterocycles. The molecule has 2 fully saturated rings. The molecule has 2 atom stereocenters. The molecule has 0 radical (unpaired) electrons. The van der Waals surface area contributed by atoms with Crippen LogP contribution in [0, 0.1) is 25.2 Å². The zero-order valence-electron chi connectivity index (χ0n) is 24.4. The number of nitriles is 1. The number of morpholine rings is 1. The fourth-order valence-electron chi connectivity index (χ4n) is 5.73. The van der Waals surface area contributed by atoms with E-state index >= 15 is 0 Å². The second-order valence-corrected chi connectivity index (χ2v) is 12.2. The van der Waals surface area contributed by atoms with Crippen LogP contribution in [-0.4, -0.2) is 49.5 Å². The maximum atomic E-state index is 14.0. The van der Waals surface area contributed by atoms with Crippen LogP contribution in [0.5, 0.6) is 0 Å². The number of ether oxygens (including phenoxy) is 1. The Balaban J connectivity index is 1.67. The molecular weight excluding hydrogens is 573 g/mol. The van der Waals surface area contributed by atoms with Crippen molar-refractivity contribution in [2.24, 2.45) is 7.05 Å². The monoisotopic (exact) mass is 604 g/mol. The number of thioether (sulfide) groups is 1. The molecule has 0 bridgehead atoms. The number of hydrogen-bond acceptors (Lipinski definition) is 8. The molecule has 5 rings (SSSR count). The number of amides is 1. The Morgan fingerprint density at radius 1 is 1.10 bits per heavy atom. The van der Waals surface area contributed by atoms with E-state index in [-0.39, 0.29) is 38.9 Å². The second-order valence-electron chi connectivity index (χ2n) is 10.5. The Hall–Kier alpha value is -3.92. The molecule has 0 spiro atoms. The molecule has 2 unspecified atom stereocenters. The van der Waals surface area contributed by atoms with E-state index in [1.54, 1.807) is 36.2 Å². The van der Waals surface area contributed by atoms with Crippen LogP contribution >= 0.6 is 24.0 Å². The Morgan fingerprint density at radius 3 is 2.33 bits per heavy atom. The SMILES string of the molecule is CCn1c(N2CC(C)OC(C)C2)c(C=C2SC(=S)N(c3c(C)n(C)n(-c4ccccc4)c3=O)C2=O)c(C)c(C#N)c1=O. The molecule has 1 aromatic carbocycles. The van der Waals surface area contributed by atoms with Crippen LogP contribution in [0.2, 0.25) is 0 Å². The fraction of sp³-hybridized carbons (Fsp3) is 0.367. The molecular formula is C30H32N6O4S2. The number of carbonyl (C=O) groups is 1. The van der Waals surface area contributed by atoms with Crippen molar-refractivity contribution < 1.29 is 9.53 Å². The van der Waals surface area contributed by atoms with Crippen LogP contribution in [0.15, 0.2) is 44.8 Å². The van der Waals surface area contributed by atoms with Gasteiger partial charge in [-0.3, -0.25) is 28.5 Å². The van der Waals surface area contributed by atoms with Gasteiger partial charge in [0.2, 0.25) is 0 Å². The van der Waals surface area contributed by atoms with Crippen molar-refractivity contribution in [2.75, 3.05) is 22.9 Å². The highest BCUT2D eigenvalue weighted by atomic mass is 32.2. The van der Waals surface area contributed by atoms with Crippen LogP contribution in [0.4, 0.5) is 11.5 Å². The van der Waals surface area contributed by atoms with Gasteiger partial charge in [-0.05, 0) is 58.4 Å². The quantitative estimate of drug-likeness (QED) is 0.319. The Morgan fingerprint density at radius 2 is 1.74 bits per heavy atom. The lowest BCUT2D eigenvalue weighted by atomic mass is 10.0. The first kappa shape index (κ1) is 29.6. The van der Waals surface area contributed by atoms with Crippen LogP contribution < -0.4 is 20.9 Å². The number of pyridine rings is 1. The third kappa shape index (κ3) is 4.81. The molecule has 2 aromatic heterocycles. The summed E-state index contributed by atoms with van der Waals surface area (Å²) in [5, 5.41) is 9.90. The first-order valence-corrected chi connectivity index (χ1v) is 14.9. The van der Waals surface area contributed by atoms with Crippen molar-refractivity contribution in [1.82, 2.24) is 13.9 Å². The average Bonchev–Trinajstić information content (AvgIpc) is 3.34. The van der Waals surface area contributed by atoms with E-state index in [4.69, 9.17) is 17.0 Å². The van der Waals surface area contributed by atoms with Gasteiger partial charge in [-0.25, -0.2) is 4.68 Å². The summed E-state index contributed by atoms with van der Waals surface area (Å²) in [6.45, 7) is 10.7. The fourth-order valence-corrected chi connectivity index (χ4v) is 6.98. The number of anilines is 2. The van der Waals surface area contributed by atoms with Crippen molar-refractivity contribution in [3.63, 3.8) is 0 Å². The number of thiocarbonyl (C=S) groups is 1. The number of hydrogen-bond donors (Lipinski definition) is 0. The molecule has 1 amide bonds. The summed E-state index contributed by atoms with van der Waals surface area (Å²) in [7, 11) is 1.76. The highest BCUT2D eigenvalue weighted by molar-refractivity contribution is 8.27. The smallest absolute Gasteiger partial charge is 0.296 e. The van der Waals surface area contributed by atoms with E-state index in [1.807, 2.05) is 51.1 Å². The molecule has 12 heteroatoms. The predicted molar refractivity (Wildman–Crippen MR) is 169 cm³/mol. The highest BCUT2D eigenvalue weighted by Gasteiger charge is 2.38. The molecule has 42 heavy (non-hydrogen) atoms. The van der Waals surface area contributed by atoms with E-state index in [2.05, 4.69) is 11.0 Å². The molecule has 4 heterocycles. The van der Waals surface area contributed by atoms with E-state index in [0.29, 0.717) is 52.9 Å². The van der Waals surface area contributed by atoms with Crippen molar-refractivity contribution in [3.05, 3.63) is 78.3 Å². The maximum Gasteiger partial charge on any atom is 0.296 e. The van der Waals surface area contributed by atoms with Gasteiger partial charge >= 0.3 is 0 Å². The summed E-state index contributed by atoms with van der Waals surface area (Å²) in [5.74, 6) is 0.200. The Bertz CT molecular complexity index is 1790. The topological polar surface area (TPSA) is 106 Å². The van der Waals surface area contributed by atoms with Gasteiger partial charge in [-0.1, -0.05) is 42.2 Å². The summed E-state index contributed by atoms with van der Waals surface area (Å²) in [4.78, 5) is 44.7. The molecule has 3 aromatic rings. The minimum Gasteiger partial charge on any atom is -0.372 e. The van der Waals surface area contributed by atoms with Crippen molar-refractivity contribution >= 4 is 51.8 Å². The molecule has 2 aliphatic rings. The number of carbonyl (C=O) groups excluding carboxylic acids is 1. The lowest BCUT2D eigenvalue weighted by Crippen LogP contribution is -2.48. The van der Waals surface area contributed by atoms with E-state index in [9.17, 15) is 19.6 Å². The van der Waals surface area contributed by atoms with Gasteiger partial charge in [-0.15, -0.1) is 0 Å². The number of para-hydroxylation sites is 1. The van der Waals surface area contributed by atoms with Gasteiger partial charge in [-0.2, -0.15) is 5.26 Å². The standard InChI is InChI=1S/C30H32N6O4S2/c1-7-34-26(33-15-17(2)40-18(3)16-33)22(19(4)23(14-31)27(34)37)13-24-28(38)35(30(41)42-24)25-20(5)32(6)36(29(25)39)21-11-9-8-10-12-21/h8-13,17-18H,7,15-16H2,1-6H3.